The highest BCUT2D eigenvalue weighted by atomic mass is 16.2. The monoisotopic (exact) mass is 640 g/mol. The van der Waals surface area contributed by atoms with Crippen molar-refractivity contribution in [2.45, 2.75) is 50.6 Å². The van der Waals surface area contributed by atoms with Crippen LogP contribution in [0.3, 0.4) is 0 Å². The topological polar surface area (TPSA) is 125 Å². The standard InChI is InChI=1S/C38H36N6O4/c45-35(21-27-9-3-1-4-10-27)43-17-7-13-33(43)37(47)41-31-19-29(23-39-25-31)15-16-30-20-32(26-40-24-30)42-38(48)34-14-8-18-44(34)36(46)22-28-11-5-2-6-12-28/h1-6,9-12,19-20,23-26,33-34H,7-8,13-14,17-18,21-22H2,(H,41,47)(H,42,48)/t33-,34-/m0/s1. The van der Waals surface area contributed by atoms with Crippen molar-refractivity contribution in [1.82, 2.24) is 19.8 Å². The van der Waals surface area contributed by atoms with Gasteiger partial charge in [-0.25, -0.2) is 0 Å². The molecule has 2 atom stereocenters. The number of aromatic nitrogens is 2. The summed E-state index contributed by atoms with van der Waals surface area (Å²) in [6.07, 6.45) is 9.51. The summed E-state index contributed by atoms with van der Waals surface area (Å²) >= 11 is 0. The highest BCUT2D eigenvalue weighted by molar-refractivity contribution is 5.98. The minimum absolute atomic E-state index is 0.0688. The molecule has 2 aromatic carbocycles. The number of hydrogen-bond acceptors (Lipinski definition) is 6. The fourth-order valence-corrected chi connectivity index (χ4v) is 6.17. The molecule has 4 heterocycles. The van der Waals surface area contributed by atoms with E-state index in [0.717, 1.165) is 24.0 Å². The van der Waals surface area contributed by atoms with Crippen molar-refractivity contribution >= 4 is 35.0 Å². The average molecular weight is 641 g/mol. The van der Waals surface area contributed by atoms with Gasteiger partial charge in [-0.05, 0) is 48.9 Å². The molecule has 10 heteroatoms. The van der Waals surface area contributed by atoms with Gasteiger partial charge in [0.2, 0.25) is 23.6 Å². The van der Waals surface area contributed by atoms with Crippen molar-refractivity contribution in [1.29, 1.82) is 0 Å². The SMILES string of the molecule is O=C(Nc1cncc(C#Cc2cncc(NC(=O)[C@@H]3CCCN3C(=O)Cc3ccccc3)c2)c1)[C@@H]1CCCN1C(=O)Cc1ccccc1. The summed E-state index contributed by atoms with van der Waals surface area (Å²) in [5, 5.41) is 5.81. The van der Waals surface area contributed by atoms with Gasteiger partial charge in [0, 0.05) is 36.6 Å². The van der Waals surface area contributed by atoms with Crippen molar-refractivity contribution in [3.63, 3.8) is 0 Å². The lowest BCUT2D eigenvalue weighted by atomic mass is 10.1. The van der Waals surface area contributed by atoms with E-state index in [1.54, 1.807) is 46.7 Å². The van der Waals surface area contributed by atoms with Crippen LogP contribution in [0.4, 0.5) is 11.4 Å². The fourth-order valence-electron chi connectivity index (χ4n) is 6.17. The zero-order valence-electron chi connectivity index (χ0n) is 26.5. The number of hydrogen-bond donors (Lipinski definition) is 2. The van der Waals surface area contributed by atoms with Gasteiger partial charge >= 0.3 is 0 Å². The molecule has 2 aromatic heterocycles. The normalized spacial score (nSPS) is 16.9. The second-order valence-corrected chi connectivity index (χ2v) is 12.0. The molecule has 2 aliphatic rings. The van der Waals surface area contributed by atoms with Gasteiger partial charge in [0.05, 0.1) is 36.6 Å². The first kappa shape index (κ1) is 32.1. The number of carbonyl (C=O) groups is 4. The van der Waals surface area contributed by atoms with Gasteiger partial charge in [-0.3, -0.25) is 29.1 Å². The van der Waals surface area contributed by atoms with Gasteiger partial charge in [-0.1, -0.05) is 72.5 Å². The van der Waals surface area contributed by atoms with Gasteiger partial charge in [-0.2, -0.15) is 0 Å². The quantitative estimate of drug-likeness (QED) is 0.278. The lowest BCUT2D eigenvalue weighted by Gasteiger charge is -2.24. The van der Waals surface area contributed by atoms with Crippen molar-refractivity contribution in [3.8, 4) is 11.8 Å². The third kappa shape index (κ3) is 8.12. The molecular formula is C38H36N6O4. The molecule has 48 heavy (non-hydrogen) atoms. The van der Waals surface area contributed by atoms with Crippen LogP contribution in [0.15, 0.2) is 97.6 Å². The minimum Gasteiger partial charge on any atom is -0.330 e. The molecule has 0 bridgehead atoms. The minimum atomic E-state index is -0.543. The van der Waals surface area contributed by atoms with Crippen LogP contribution in [-0.4, -0.2) is 68.6 Å². The number of carbonyl (C=O) groups excluding carboxylic acids is 4. The second-order valence-electron chi connectivity index (χ2n) is 12.0. The number of nitrogens with one attached hydrogen (secondary N) is 2. The molecule has 2 N–H and O–H groups in total. The molecule has 2 saturated heterocycles. The zero-order valence-corrected chi connectivity index (χ0v) is 26.5. The van der Waals surface area contributed by atoms with E-state index in [-0.39, 0.29) is 36.5 Å². The predicted octanol–water partition coefficient (Wildman–Crippen LogP) is 4.22. The van der Waals surface area contributed by atoms with Crippen LogP contribution >= 0.6 is 0 Å². The Bertz CT molecular complexity index is 1720. The lowest BCUT2D eigenvalue weighted by molar-refractivity contribution is -0.136. The van der Waals surface area contributed by atoms with Crippen molar-refractivity contribution in [2.24, 2.45) is 0 Å². The summed E-state index contributed by atoms with van der Waals surface area (Å²) in [7, 11) is 0. The van der Waals surface area contributed by atoms with Crippen LogP contribution in [0.1, 0.15) is 47.9 Å². The fraction of sp³-hybridized carbons (Fsp3) is 0.263. The van der Waals surface area contributed by atoms with Crippen LogP contribution in [0.2, 0.25) is 0 Å². The summed E-state index contributed by atoms with van der Waals surface area (Å²) in [4.78, 5) is 64.1. The van der Waals surface area contributed by atoms with E-state index in [1.807, 2.05) is 60.7 Å². The predicted molar refractivity (Wildman–Crippen MR) is 181 cm³/mol. The maximum atomic E-state index is 13.2. The number of likely N-dealkylation sites (tertiary alicyclic amines) is 2. The first-order valence-electron chi connectivity index (χ1n) is 16.1. The van der Waals surface area contributed by atoms with Crippen LogP contribution in [0.5, 0.6) is 0 Å². The van der Waals surface area contributed by atoms with Gasteiger partial charge < -0.3 is 20.4 Å². The molecule has 0 radical (unpaired) electrons. The molecular weight excluding hydrogens is 604 g/mol. The summed E-state index contributed by atoms with van der Waals surface area (Å²) in [5.74, 6) is 5.45. The third-order valence-corrected chi connectivity index (χ3v) is 8.51. The molecule has 6 rings (SSSR count). The van der Waals surface area contributed by atoms with E-state index < -0.39 is 12.1 Å². The van der Waals surface area contributed by atoms with E-state index in [0.29, 0.717) is 48.4 Å². The average Bonchev–Trinajstić information content (AvgIpc) is 3.80. The summed E-state index contributed by atoms with van der Waals surface area (Å²) in [5.41, 5.74) is 3.94. The number of pyridine rings is 2. The molecule has 2 aliphatic heterocycles. The van der Waals surface area contributed by atoms with E-state index in [1.165, 1.54) is 0 Å². The van der Waals surface area contributed by atoms with Gasteiger partial charge in [0.15, 0.2) is 0 Å². The molecule has 0 aliphatic carbocycles. The molecule has 2 fully saturated rings. The molecule has 0 spiro atoms. The van der Waals surface area contributed by atoms with Crippen molar-refractivity contribution in [2.75, 3.05) is 23.7 Å². The number of amides is 4. The van der Waals surface area contributed by atoms with Crippen LogP contribution in [0, 0.1) is 11.8 Å². The van der Waals surface area contributed by atoms with Crippen LogP contribution < -0.4 is 10.6 Å². The van der Waals surface area contributed by atoms with E-state index in [9.17, 15) is 19.2 Å². The molecule has 242 valence electrons. The van der Waals surface area contributed by atoms with Crippen molar-refractivity contribution in [3.05, 3.63) is 120 Å². The second kappa shape index (κ2) is 15.2. The summed E-state index contributed by atoms with van der Waals surface area (Å²) < 4.78 is 0. The smallest absolute Gasteiger partial charge is 0.247 e. The molecule has 0 unspecified atom stereocenters. The molecule has 0 saturated carbocycles. The Balaban J connectivity index is 1.06. The Morgan fingerprint density at radius 2 is 1.04 bits per heavy atom. The Hall–Kier alpha value is -5.82. The van der Waals surface area contributed by atoms with Gasteiger partial charge in [0.25, 0.3) is 0 Å². The van der Waals surface area contributed by atoms with Gasteiger partial charge in [-0.15, -0.1) is 0 Å². The number of nitrogens with zero attached hydrogens (tertiary/aromatic N) is 4. The van der Waals surface area contributed by atoms with E-state index in [4.69, 9.17) is 0 Å². The first-order chi connectivity index (χ1) is 23.4. The number of rotatable bonds is 8. The van der Waals surface area contributed by atoms with Crippen LogP contribution in [0.25, 0.3) is 0 Å². The summed E-state index contributed by atoms with van der Waals surface area (Å²) in [6, 6.07) is 21.4. The van der Waals surface area contributed by atoms with Crippen molar-refractivity contribution < 1.29 is 19.2 Å². The largest absolute Gasteiger partial charge is 0.330 e. The Labute approximate surface area is 279 Å². The first-order valence-corrected chi connectivity index (χ1v) is 16.1. The molecule has 10 nitrogen and oxygen atoms in total. The maximum Gasteiger partial charge on any atom is 0.247 e. The maximum absolute atomic E-state index is 13.2. The lowest BCUT2D eigenvalue weighted by Crippen LogP contribution is -2.43. The molecule has 4 amide bonds. The Kier molecular flexibility index (Phi) is 10.2. The highest BCUT2D eigenvalue weighted by Crippen LogP contribution is 2.22. The third-order valence-electron chi connectivity index (χ3n) is 8.51. The zero-order chi connectivity index (χ0) is 33.3. The highest BCUT2D eigenvalue weighted by Gasteiger charge is 2.35. The number of anilines is 2. The molecule has 4 aromatic rings. The van der Waals surface area contributed by atoms with E-state index in [2.05, 4.69) is 32.4 Å². The Morgan fingerprint density at radius 1 is 0.625 bits per heavy atom. The summed E-state index contributed by atoms with van der Waals surface area (Å²) in [6.45, 7) is 1.10. The van der Waals surface area contributed by atoms with Crippen LogP contribution in [-0.2, 0) is 32.0 Å². The van der Waals surface area contributed by atoms with E-state index >= 15 is 0 Å². The van der Waals surface area contributed by atoms with Gasteiger partial charge in [0.1, 0.15) is 12.1 Å². The number of benzene rings is 2. The Morgan fingerprint density at radius 3 is 1.46 bits per heavy atom.